The summed E-state index contributed by atoms with van der Waals surface area (Å²) in [6, 6.07) is 16.9. The van der Waals surface area contributed by atoms with Gasteiger partial charge in [-0.1, -0.05) is 48.0 Å². The summed E-state index contributed by atoms with van der Waals surface area (Å²) >= 11 is 6.22. The Balaban J connectivity index is 1.73. The van der Waals surface area contributed by atoms with Gasteiger partial charge in [0, 0.05) is 17.6 Å². The number of benzene rings is 2. The fraction of sp³-hybridized carbons (Fsp3) is 0.238. The maximum atomic E-state index is 12.9. The van der Waals surface area contributed by atoms with Crippen molar-refractivity contribution in [2.75, 3.05) is 11.9 Å². The van der Waals surface area contributed by atoms with E-state index >= 15 is 0 Å². The number of amides is 1. The van der Waals surface area contributed by atoms with Crippen molar-refractivity contribution < 1.29 is 10.1 Å². The van der Waals surface area contributed by atoms with Crippen LogP contribution < -0.4 is 16.2 Å². The Kier molecular flexibility index (Phi) is 6.02. The Morgan fingerprint density at radius 2 is 1.79 bits per heavy atom. The second-order valence-corrected chi connectivity index (χ2v) is 7.14. The average molecular weight is 400 g/mol. The molecule has 6 nitrogen and oxygen atoms in total. The first kappa shape index (κ1) is 19.9. The lowest BCUT2D eigenvalue weighted by molar-refractivity contribution is -0.682. The summed E-state index contributed by atoms with van der Waals surface area (Å²) in [7, 11) is 1.80. The Morgan fingerprint density at radius 1 is 1.14 bits per heavy atom. The summed E-state index contributed by atoms with van der Waals surface area (Å²) in [5, 5.41) is 5.34. The second kappa shape index (κ2) is 8.46. The molecule has 1 amide bonds. The zero-order chi connectivity index (χ0) is 20.3. The summed E-state index contributed by atoms with van der Waals surface area (Å²) < 4.78 is 3.28. The van der Waals surface area contributed by atoms with Crippen LogP contribution >= 0.6 is 11.6 Å². The highest BCUT2D eigenvalue weighted by molar-refractivity contribution is 6.31. The molecule has 1 aromatic heterocycles. The van der Waals surface area contributed by atoms with Crippen molar-refractivity contribution in [1.82, 2.24) is 9.36 Å². The number of anilines is 1. The molecule has 3 aromatic rings. The molecule has 0 unspecified atom stereocenters. The lowest BCUT2D eigenvalue weighted by Gasteiger charge is -2.12. The fourth-order valence-corrected chi connectivity index (χ4v) is 3.47. The summed E-state index contributed by atoms with van der Waals surface area (Å²) in [4.78, 5) is 25.3. The molecule has 0 saturated carbocycles. The second-order valence-electron chi connectivity index (χ2n) is 6.73. The number of nitrogens with zero attached hydrogens (tertiary/aromatic N) is 2. The SMILES string of the molecule is Cc1c(NC(=O)C[NH2+][C@H](C)c2ccccc2Cl)c(=O)n(-c2ccccc2)n1C. The largest absolute Gasteiger partial charge is 0.332 e. The van der Waals surface area contributed by atoms with Crippen LogP contribution in [0.3, 0.4) is 0 Å². The predicted molar refractivity (Wildman–Crippen MR) is 111 cm³/mol. The van der Waals surface area contributed by atoms with Gasteiger partial charge >= 0.3 is 0 Å². The molecule has 0 aliphatic rings. The third-order valence-electron chi connectivity index (χ3n) is 4.87. The lowest BCUT2D eigenvalue weighted by atomic mass is 10.1. The summed E-state index contributed by atoms with van der Waals surface area (Å²) in [6.45, 7) is 3.99. The first-order valence-electron chi connectivity index (χ1n) is 9.11. The molecule has 2 aromatic carbocycles. The maximum Gasteiger partial charge on any atom is 0.295 e. The van der Waals surface area contributed by atoms with Gasteiger partial charge in [0.1, 0.15) is 11.7 Å². The number of halogens is 1. The molecule has 146 valence electrons. The topological polar surface area (TPSA) is 72.6 Å². The van der Waals surface area contributed by atoms with Crippen molar-refractivity contribution in [2.24, 2.45) is 7.05 Å². The van der Waals surface area contributed by atoms with Gasteiger partial charge in [0.05, 0.1) is 11.4 Å². The smallest absolute Gasteiger partial charge is 0.295 e. The van der Waals surface area contributed by atoms with Gasteiger partial charge in [0.2, 0.25) is 0 Å². The number of nitrogens with two attached hydrogens (primary N) is 1. The number of rotatable bonds is 6. The van der Waals surface area contributed by atoms with E-state index in [4.69, 9.17) is 11.6 Å². The van der Waals surface area contributed by atoms with E-state index < -0.39 is 0 Å². The number of quaternary nitrogens is 1. The van der Waals surface area contributed by atoms with Crippen LogP contribution in [0.5, 0.6) is 0 Å². The van der Waals surface area contributed by atoms with Gasteiger partial charge in [0.15, 0.2) is 6.54 Å². The van der Waals surface area contributed by atoms with Crippen LogP contribution in [0.4, 0.5) is 5.69 Å². The number of hydrogen-bond donors (Lipinski definition) is 2. The van der Waals surface area contributed by atoms with Gasteiger partial charge < -0.3 is 10.6 Å². The van der Waals surface area contributed by atoms with Crippen LogP contribution in [-0.4, -0.2) is 21.8 Å². The average Bonchev–Trinajstić information content (AvgIpc) is 2.90. The monoisotopic (exact) mass is 399 g/mol. The standard InChI is InChI=1S/C21H23ClN4O2/c1-14(17-11-7-8-12-18(17)22)23-13-19(27)24-20-15(2)25(3)26(21(20)28)16-9-5-4-6-10-16/h4-12,14,23H,13H2,1-3H3,(H,24,27)/p+1/t14-/m1/s1. The zero-order valence-corrected chi connectivity index (χ0v) is 16.9. The number of nitrogens with one attached hydrogen (secondary N) is 1. The maximum absolute atomic E-state index is 12.9. The van der Waals surface area contributed by atoms with E-state index in [-0.39, 0.29) is 24.1 Å². The van der Waals surface area contributed by atoms with Crippen LogP contribution in [0, 0.1) is 6.92 Å². The molecule has 28 heavy (non-hydrogen) atoms. The Morgan fingerprint density at radius 3 is 2.46 bits per heavy atom. The Bertz CT molecular complexity index is 1040. The molecular weight excluding hydrogens is 376 g/mol. The third kappa shape index (κ3) is 4.03. The van der Waals surface area contributed by atoms with Gasteiger partial charge in [-0.15, -0.1) is 0 Å². The van der Waals surface area contributed by atoms with Crippen molar-refractivity contribution in [2.45, 2.75) is 19.9 Å². The molecule has 0 fully saturated rings. The van der Waals surface area contributed by atoms with Gasteiger partial charge in [-0.2, -0.15) is 0 Å². The molecule has 1 heterocycles. The van der Waals surface area contributed by atoms with E-state index in [0.29, 0.717) is 16.4 Å². The van der Waals surface area contributed by atoms with E-state index in [0.717, 1.165) is 11.3 Å². The first-order chi connectivity index (χ1) is 13.4. The number of carbonyl (C=O) groups is 1. The van der Waals surface area contributed by atoms with Crippen LogP contribution in [-0.2, 0) is 11.8 Å². The molecule has 0 radical (unpaired) electrons. The van der Waals surface area contributed by atoms with E-state index in [1.54, 1.807) is 16.4 Å². The predicted octanol–water partition coefficient (Wildman–Crippen LogP) is 2.40. The van der Waals surface area contributed by atoms with E-state index in [2.05, 4.69) is 5.32 Å². The minimum absolute atomic E-state index is 0.0253. The first-order valence-corrected chi connectivity index (χ1v) is 9.49. The summed E-state index contributed by atoms with van der Waals surface area (Å²) in [5.41, 5.74) is 2.46. The molecule has 3 N–H and O–H groups in total. The highest BCUT2D eigenvalue weighted by atomic mass is 35.5. The molecule has 0 spiro atoms. The Labute approximate surface area is 168 Å². The van der Waals surface area contributed by atoms with Gasteiger partial charge in [0.25, 0.3) is 11.5 Å². The normalized spacial score (nSPS) is 12.0. The molecule has 0 aliphatic carbocycles. The number of hydrogen-bond acceptors (Lipinski definition) is 2. The van der Waals surface area contributed by atoms with Gasteiger partial charge in [-0.25, -0.2) is 4.68 Å². The van der Waals surface area contributed by atoms with Gasteiger partial charge in [-0.05, 0) is 32.0 Å². The number of aromatic nitrogens is 2. The minimum Gasteiger partial charge on any atom is -0.332 e. The molecule has 7 heteroatoms. The zero-order valence-electron chi connectivity index (χ0n) is 16.1. The molecule has 0 aliphatic heterocycles. The third-order valence-corrected chi connectivity index (χ3v) is 5.22. The minimum atomic E-state index is -0.251. The number of para-hydroxylation sites is 1. The molecular formula is C21H24ClN4O2+. The molecule has 0 bridgehead atoms. The van der Waals surface area contributed by atoms with Gasteiger partial charge in [-0.3, -0.25) is 14.3 Å². The fourth-order valence-electron chi connectivity index (χ4n) is 3.16. The van der Waals surface area contributed by atoms with Crippen LogP contribution in [0.2, 0.25) is 5.02 Å². The quantitative estimate of drug-likeness (QED) is 0.668. The van der Waals surface area contributed by atoms with E-state index in [1.165, 1.54) is 0 Å². The summed E-state index contributed by atoms with van der Waals surface area (Å²) in [5.74, 6) is -0.232. The van der Waals surface area contributed by atoms with Crippen LogP contribution in [0.1, 0.15) is 24.2 Å². The van der Waals surface area contributed by atoms with Crippen molar-refractivity contribution in [3.63, 3.8) is 0 Å². The molecule has 1 atom stereocenters. The van der Waals surface area contributed by atoms with E-state index in [9.17, 15) is 9.59 Å². The summed E-state index contributed by atoms with van der Waals surface area (Å²) in [6.07, 6.45) is 0. The Hall–Kier alpha value is -2.83. The number of carbonyl (C=O) groups excluding carboxylic acids is 1. The van der Waals surface area contributed by atoms with Crippen molar-refractivity contribution >= 4 is 23.2 Å². The van der Waals surface area contributed by atoms with Crippen molar-refractivity contribution in [1.29, 1.82) is 0 Å². The lowest BCUT2D eigenvalue weighted by Crippen LogP contribution is -2.86. The highest BCUT2D eigenvalue weighted by Gasteiger charge is 2.20. The highest BCUT2D eigenvalue weighted by Crippen LogP contribution is 2.19. The van der Waals surface area contributed by atoms with Crippen LogP contribution in [0.25, 0.3) is 5.69 Å². The van der Waals surface area contributed by atoms with E-state index in [1.807, 2.05) is 73.8 Å². The van der Waals surface area contributed by atoms with Crippen molar-refractivity contribution in [3.05, 3.63) is 81.2 Å². The van der Waals surface area contributed by atoms with Crippen molar-refractivity contribution in [3.8, 4) is 5.69 Å². The molecule has 3 rings (SSSR count). The molecule has 0 saturated heterocycles. The van der Waals surface area contributed by atoms with Crippen LogP contribution in [0.15, 0.2) is 59.4 Å².